The highest BCUT2D eigenvalue weighted by molar-refractivity contribution is 8.02. The van der Waals surface area contributed by atoms with Crippen molar-refractivity contribution in [1.29, 1.82) is 0 Å². The topological polar surface area (TPSA) is 73.9 Å². The van der Waals surface area contributed by atoms with Gasteiger partial charge >= 0.3 is 0 Å². The molecule has 3 heterocycles. The molecule has 1 spiro atoms. The molecule has 3 aliphatic heterocycles. The number of rotatable bonds is 3. The van der Waals surface area contributed by atoms with Crippen molar-refractivity contribution in [3.63, 3.8) is 0 Å². The van der Waals surface area contributed by atoms with E-state index in [4.69, 9.17) is 20.2 Å². The van der Waals surface area contributed by atoms with Crippen LogP contribution in [-0.2, 0) is 11.2 Å². The predicted molar refractivity (Wildman–Crippen MR) is 109 cm³/mol. The minimum absolute atomic E-state index is 0. The summed E-state index contributed by atoms with van der Waals surface area (Å²) in [6.07, 6.45) is 10.1. The molecule has 1 aliphatic carbocycles. The summed E-state index contributed by atoms with van der Waals surface area (Å²) in [5.74, 6) is 1.40. The number of allylic oxidation sites excluding steroid dienone is 3. The van der Waals surface area contributed by atoms with Crippen LogP contribution in [0.1, 0.15) is 12.0 Å². The molecule has 2 N–H and O–H groups in total. The largest absolute Gasteiger partial charge is 0.454 e. The number of nitrogens with zero attached hydrogens (tertiary/aromatic N) is 1. The number of carbonyl (C=O) groups excluding carboxylic acids is 1. The average molecular weight is 405 g/mol. The number of aliphatic imine (C=N–C) groups is 1. The SMILES string of the molecule is Cl.NC(=O)C1C(Cc2ccc3c(c2)OCO3)SC23C=CC=CC2=NCCC13. The zero-order valence-electron chi connectivity index (χ0n) is 14.7. The van der Waals surface area contributed by atoms with Crippen molar-refractivity contribution in [3.05, 3.63) is 48.1 Å². The normalized spacial score (nSPS) is 32.3. The first-order valence-corrected chi connectivity index (χ1v) is 9.82. The summed E-state index contributed by atoms with van der Waals surface area (Å²) in [5.41, 5.74) is 8.10. The quantitative estimate of drug-likeness (QED) is 0.840. The number of thioether (sulfide) groups is 1. The van der Waals surface area contributed by atoms with Crippen molar-refractivity contribution in [3.8, 4) is 11.5 Å². The number of benzene rings is 1. The van der Waals surface area contributed by atoms with Crippen LogP contribution in [0, 0.1) is 11.8 Å². The molecule has 4 atom stereocenters. The van der Waals surface area contributed by atoms with Gasteiger partial charge in [-0.2, -0.15) is 0 Å². The highest BCUT2D eigenvalue weighted by atomic mass is 35.5. The Labute approximate surface area is 168 Å². The van der Waals surface area contributed by atoms with E-state index in [1.165, 1.54) is 0 Å². The fourth-order valence-corrected chi connectivity index (χ4v) is 6.75. The minimum Gasteiger partial charge on any atom is -0.454 e. The molecule has 1 amide bonds. The first kappa shape index (κ1) is 18.4. The van der Waals surface area contributed by atoms with Gasteiger partial charge in [0.1, 0.15) is 0 Å². The second kappa shape index (κ2) is 6.91. The van der Waals surface area contributed by atoms with Gasteiger partial charge in [-0.25, -0.2) is 0 Å². The fraction of sp³-hybridized carbons (Fsp3) is 0.400. The summed E-state index contributed by atoms with van der Waals surface area (Å²) >= 11 is 1.85. The van der Waals surface area contributed by atoms with E-state index in [0.29, 0.717) is 0 Å². The Morgan fingerprint density at radius 2 is 2.15 bits per heavy atom. The van der Waals surface area contributed by atoms with E-state index >= 15 is 0 Å². The second-order valence-corrected chi connectivity index (χ2v) is 8.67. The standard InChI is InChI=1S/C20H20N2O3S.ClH/c21-19(23)18-13-6-8-22-17-3-1-2-7-20(13,17)26-16(18)10-12-4-5-14-15(9-12)25-11-24-14;/h1-5,7,9,13,16,18H,6,8,10-11H2,(H2,21,23);1H. The lowest BCUT2D eigenvalue weighted by Crippen LogP contribution is -2.46. The van der Waals surface area contributed by atoms with Crippen LogP contribution in [0.25, 0.3) is 0 Å². The molecule has 0 bridgehead atoms. The van der Waals surface area contributed by atoms with Gasteiger partial charge < -0.3 is 15.2 Å². The van der Waals surface area contributed by atoms with E-state index in [2.05, 4.69) is 24.3 Å². The van der Waals surface area contributed by atoms with Gasteiger partial charge in [-0.05, 0) is 42.5 Å². The van der Waals surface area contributed by atoms with Gasteiger partial charge in [0.05, 0.1) is 16.4 Å². The summed E-state index contributed by atoms with van der Waals surface area (Å²) < 4.78 is 10.7. The Kier molecular flexibility index (Phi) is 4.72. The Morgan fingerprint density at radius 1 is 1.30 bits per heavy atom. The molecule has 4 aliphatic rings. The summed E-state index contributed by atoms with van der Waals surface area (Å²) in [7, 11) is 0. The van der Waals surface area contributed by atoms with E-state index in [-0.39, 0.29) is 46.9 Å². The summed E-state index contributed by atoms with van der Waals surface area (Å²) in [4.78, 5) is 17.1. The molecule has 1 saturated heterocycles. The van der Waals surface area contributed by atoms with Crippen molar-refractivity contribution in [2.75, 3.05) is 13.3 Å². The van der Waals surface area contributed by atoms with Crippen molar-refractivity contribution < 1.29 is 14.3 Å². The van der Waals surface area contributed by atoms with E-state index in [1.54, 1.807) is 0 Å². The van der Waals surface area contributed by atoms with Crippen LogP contribution < -0.4 is 15.2 Å². The Bertz CT molecular complexity index is 869. The van der Waals surface area contributed by atoms with Gasteiger partial charge in [0.2, 0.25) is 12.7 Å². The van der Waals surface area contributed by atoms with Gasteiger partial charge in [-0.1, -0.05) is 24.3 Å². The molecule has 5 nitrogen and oxygen atoms in total. The Morgan fingerprint density at radius 3 is 3.00 bits per heavy atom. The zero-order chi connectivity index (χ0) is 17.7. The lowest BCUT2D eigenvalue weighted by atomic mass is 9.72. The maximum absolute atomic E-state index is 12.4. The number of hydrogen-bond donors (Lipinski definition) is 1. The number of ether oxygens (including phenoxy) is 2. The third-order valence-electron chi connectivity index (χ3n) is 5.77. The predicted octanol–water partition coefficient (Wildman–Crippen LogP) is 2.92. The maximum Gasteiger partial charge on any atom is 0.231 e. The molecule has 4 unspecified atom stereocenters. The monoisotopic (exact) mass is 404 g/mol. The molecular weight excluding hydrogens is 384 g/mol. The van der Waals surface area contributed by atoms with E-state index in [9.17, 15) is 4.79 Å². The van der Waals surface area contributed by atoms with Gasteiger partial charge in [-0.15, -0.1) is 24.2 Å². The Balaban J connectivity index is 0.00000180. The number of halogens is 1. The number of fused-ring (bicyclic) bond motifs is 1. The van der Waals surface area contributed by atoms with Gasteiger partial charge in [0.25, 0.3) is 0 Å². The van der Waals surface area contributed by atoms with Crippen molar-refractivity contribution in [2.45, 2.75) is 22.8 Å². The fourth-order valence-electron chi connectivity index (χ4n) is 4.66. The smallest absolute Gasteiger partial charge is 0.231 e. The van der Waals surface area contributed by atoms with Crippen LogP contribution in [0.3, 0.4) is 0 Å². The molecule has 7 heteroatoms. The van der Waals surface area contributed by atoms with Gasteiger partial charge in [0.15, 0.2) is 11.5 Å². The minimum atomic E-state index is -0.215. The molecule has 5 rings (SSSR count). The third-order valence-corrected chi connectivity index (χ3v) is 7.57. The molecule has 0 saturated carbocycles. The number of hydrogen-bond acceptors (Lipinski definition) is 5. The summed E-state index contributed by atoms with van der Waals surface area (Å²) in [5, 5.41) is 0.123. The molecular formula is C20H21ClN2O3S. The number of nitrogens with two attached hydrogens (primary N) is 1. The molecule has 1 aromatic rings. The van der Waals surface area contributed by atoms with Crippen molar-refractivity contribution >= 4 is 35.8 Å². The molecule has 0 aromatic heterocycles. The first-order chi connectivity index (χ1) is 12.7. The number of primary amides is 1. The average Bonchev–Trinajstić information content (AvgIpc) is 3.21. The molecule has 27 heavy (non-hydrogen) atoms. The van der Waals surface area contributed by atoms with E-state index in [1.807, 2.05) is 30.0 Å². The second-order valence-electron chi connectivity index (χ2n) is 7.15. The third kappa shape index (κ3) is 2.86. The first-order valence-electron chi connectivity index (χ1n) is 8.94. The van der Waals surface area contributed by atoms with Crippen LogP contribution in [0.2, 0.25) is 0 Å². The summed E-state index contributed by atoms with van der Waals surface area (Å²) in [6, 6.07) is 6.02. The summed E-state index contributed by atoms with van der Waals surface area (Å²) in [6.45, 7) is 1.03. The van der Waals surface area contributed by atoms with Crippen LogP contribution >= 0.6 is 24.2 Å². The van der Waals surface area contributed by atoms with Crippen LogP contribution in [0.5, 0.6) is 11.5 Å². The zero-order valence-corrected chi connectivity index (χ0v) is 16.3. The lowest BCUT2D eigenvalue weighted by Gasteiger charge is -2.37. The van der Waals surface area contributed by atoms with Gasteiger partial charge in [-0.3, -0.25) is 9.79 Å². The molecule has 1 aromatic carbocycles. The van der Waals surface area contributed by atoms with Crippen molar-refractivity contribution in [1.82, 2.24) is 0 Å². The number of amides is 1. The Hall–Kier alpha value is -1.92. The van der Waals surface area contributed by atoms with Crippen LogP contribution in [0.4, 0.5) is 0 Å². The molecule has 1 fully saturated rings. The number of carbonyl (C=O) groups is 1. The van der Waals surface area contributed by atoms with Crippen LogP contribution in [-0.4, -0.2) is 35.0 Å². The van der Waals surface area contributed by atoms with E-state index in [0.717, 1.165) is 42.2 Å². The lowest BCUT2D eigenvalue weighted by molar-refractivity contribution is -0.123. The highest BCUT2D eigenvalue weighted by Crippen LogP contribution is 2.57. The molecule has 0 radical (unpaired) electrons. The van der Waals surface area contributed by atoms with Crippen LogP contribution in [0.15, 0.2) is 47.5 Å². The molecule has 142 valence electrons. The maximum atomic E-state index is 12.4. The van der Waals surface area contributed by atoms with Crippen molar-refractivity contribution in [2.24, 2.45) is 22.6 Å². The highest BCUT2D eigenvalue weighted by Gasteiger charge is 2.57. The van der Waals surface area contributed by atoms with Gasteiger partial charge in [0, 0.05) is 11.8 Å². The van der Waals surface area contributed by atoms with E-state index < -0.39 is 0 Å².